The lowest BCUT2D eigenvalue weighted by Gasteiger charge is -2.09. The number of halogens is 1. The van der Waals surface area contributed by atoms with Crippen molar-refractivity contribution in [3.63, 3.8) is 0 Å². The number of ether oxygens (including phenoxy) is 2. The molecule has 76 valence electrons. The van der Waals surface area contributed by atoms with E-state index in [0.717, 1.165) is 22.5 Å². The van der Waals surface area contributed by atoms with E-state index in [1.807, 2.05) is 13.1 Å². The quantitative estimate of drug-likeness (QED) is 0.882. The van der Waals surface area contributed by atoms with Crippen LogP contribution in [0.2, 0.25) is 0 Å². The Labute approximate surface area is 91.5 Å². The largest absolute Gasteiger partial charge is 0.454 e. The average Bonchev–Trinajstić information content (AvgIpc) is 2.62. The molecule has 1 aliphatic heterocycles. The molecule has 1 heterocycles. The van der Waals surface area contributed by atoms with E-state index in [2.05, 4.69) is 28.2 Å². The van der Waals surface area contributed by atoms with Gasteiger partial charge < -0.3 is 14.8 Å². The predicted octanol–water partition coefficient (Wildman–Crippen LogP) is 2.21. The molecular weight excluding hydrogens is 246 g/mol. The first-order chi connectivity index (χ1) is 6.74. The molecule has 0 fully saturated rings. The standard InChI is InChI=1S/C10H12BrNO2/c1-6-7(4-12-2)3-8-10(9(6)11)14-5-13-8/h3,12H,4-5H2,1-2H3. The average molecular weight is 258 g/mol. The Morgan fingerprint density at radius 3 is 3.00 bits per heavy atom. The fourth-order valence-electron chi connectivity index (χ4n) is 1.52. The summed E-state index contributed by atoms with van der Waals surface area (Å²) < 4.78 is 11.7. The van der Waals surface area contributed by atoms with Gasteiger partial charge in [-0.05, 0) is 47.1 Å². The molecule has 0 bridgehead atoms. The molecule has 0 unspecified atom stereocenters. The summed E-state index contributed by atoms with van der Waals surface area (Å²) in [5.41, 5.74) is 2.42. The third kappa shape index (κ3) is 1.48. The molecule has 1 N–H and O–H groups in total. The first-order valence-corrected chi connectivity index (χ1v) is 5.25. The highest BCUT2D eigenvalue weighted by atomic mass is 79.9. The molecular formula is C10H12BrNO2. The van der Waals surface area contributed by atoms with Gasteiger partial charge in [0.2, 0.25) is 6.79 Å². The van der Waals surface area contributed by atoms with Crippen molar-refractivity contribution >= 4 is 15.9 Å². The van der Waals surface area contributed by atoms with Gasteiger partial charge in [-0.1, -0.05) is 0 Å². The SMILES string of the molecule is CNCc1cc2c(c(Br)c1C)OCO2. The zero-order valence-corrected chi connectivity index (χ0v) is 9.77. The summed E-state index contributed by atoms with van der Waals surface area (Å²) in [6.07, 6.45) is 0. The third-order valence-corrected chi connectivity index (χ3v) is 3.28. The zero-order valence-electron chi connectivity index (χ0n) is 8.19. The van der Waals surface area contributed by atoms with Crippen molar-refractivity contribution in [2.24, 2.45) is 0 Å². The van der Waals surface area contributed by atoms with Gasteiger partial charge in [0.1, 0.15) is 0 Å². The van der Waals surface area contributed by atoms with Crippen LogP contribution in [0.3, 0.4) is 0 Å². The van der Waals surface area contributed by atoms with Crippen LogP contribution >= 0.6 is 15.9 Å². The smallest absolute Gasteiger partial charge is 0.231 e. The van der Waals surface area contributed by atoms with E-state index in [0.29, 0.717) is 6.79 Å². The van der Waals surface area contributed by atoms with Crippen LogP contribution in [0.4, 0.5) is 0 Å². The lowest BCUT2D eigenvalue weighted by Crippen LogP contribution is -2.06. The highest BCUT2D eigenvalue weighted by Crippen LogP contribution is 2.42. The van der Waals surface area contributed by atoms with Gasteiger partial charge in [0.05, 0.1) is 4.47 Å². The predicted molar refractivity (Wildman–Crippen MR) is 57.8 cm³/mol. The molecule has 0 atom stereocenters. The van der Waals surface area contributed by atoms with E-state index in [4.69, 9.17) is 9.47 Å². The first-order valence-electron chi connectivity index (χ1n) is 4.46. The molecule has 2 rings (SSSR count). The highest BCUT2D eigenvalue weighted by Gasteiger charge is 2.20. The molecule has 3 nitrogen and oxygen atoms in total. The summed E-state index contributed by atoms with van der Waals surface area (Å²) in [4.78, 5) is 0. The van der Waals surface area contributed by atoms with Gasteiger partial charge in [-0.2, -0.15) is 0 Å². The lowest BCUT2D eigenvalue weighted by molar-refractivity contribution is 0.173. The number of hydrogen-bond acceptors (Lipinski definition) is 3. The van der Waals surface area contributed by atoms with Gasteiger partial charge in [-0.3, -0.25) is 0 Å². The molecule has 0 amide bonds. The van der Waals surface area contributed by atoms with Crippen molar-refractivity contribution in [2.45, 2.75) is 13.5 Å². The number of benzene rings is 1. The maximum atomic E-state index is 5.35. The summed E-state index contributed by atoms with van der Waals surface area (Å²) >= 11 is 3.52. The minimum Gasteiger partial charge on any atom is -0.454 e. The summed E-state index contributed by atoms with van der Waals surface area (Å²) in [6, 6.07) is 2.03. The Balaban J connectivity index is 2.49. The van der Waals surface area contributed by atoms with Crippen LogP contribution in [0.1, 0.15) is 11.1 Å². The van der Waals surface area contributed by atoms with E-state index in [1.165, 1.54) is 11.1 Å². The van der Waals surface area contributed by atoms with E-state index in [1.54, 1.807) is 0 Å². The Kier molecular flexibility index (Phi) is 2.65. The van der Waals surface area contributed by atoms with Gasteiger partial charge in [-0.25, -0.2) is 0 Å². The summed E-state index contributed by atoms with van der Waals surface area (Å²) in [5, 5.41) is 3.13. The van der Waals surface area contributed by atoms with Crippen molar-refractivity contribution in [1.82, 2.24) is 5.32 Å². The molecule has 4 heteroatoms. The van der Waals surface area contributed by atoms with Crippen molar-refractivity contribution in [1.29, 1.82) is 0 Å². The van der Waals surface area contributed by atoms with E-state index >= 15 is 0 Å². The topological polar surface area (TPSA) is 30.5 Å². The lowest BCUT2D eigenvalue weighted by atomic mass is 10.1. The van der Waals surface area contributed by atoms with Crippen LogP contribution in [0, 0.1) is 6.92 Å². The van der Waals surface area contributed by atoms with Crippen LogP contribution in [0.15, 0.2) is 10.5 Å². The Hall–Kier alpha value is -0.740. The van der Waals surface area contributed by atoms with Gasteiger partial charge in [0, 0.05) is 6.54 Å². The normalized spacial score (nSPS) is 13.4. The third-order valence-electron chi connectivity index (χ3n) is 2.32. The molecule has 0 saturated carbocycles. The Morgan fingerprint density at radius 2 is 2.29 bits per heavy atom. The molecule has 1 aromatic carbocycles. The molecule has 1 aliphatic rings. The second-order valence-corrected chi connectivity index (χ2v) is 4.03. The van der Waals surface area contributed by atoms with Crippen molar-refractivity contribution in [3.8, 4) is 11.5 Å². The summed E-state index contributed by atoms with van der Waals surface area (Å²) in [6.45, 7) is 3.22. The van der Waals surface area contributed by atoms with Gasteiger partial charge >= 0.3 is 0 Å². The zero-order chi connectivity index (χ0) is 10.1. The van der Waals surface area contributed by atoms with Gasteiger partial charge in [0.15, 0.2) is 11.5 Å². The Bertz CT molecular complexity index is 366. The second-order valence-electron chi connectivity index (χ2n) is 3.24. The van der Waals surface area contributed by atoms with Gasteiger partial charge in [-0.15, -0.1) is 0 Å². The van der Waals surface area contributed by atoms with Crippen molar-refractivity contribution in [2.75, 3.05) is 13.8 Å². The fraction of sp³-hybridized carbons (Fsp3) is 0.400. The molecule has 1 aromatic rings. The number of rotatable bonds is 2. The van der Waals surface area contributed by atoms with Crippen LogP contribution in [0.25, 0.3) is 0 Å². The summed E-state index contributed by atoms with van der Waals surface area (Å²) in [7, 11) is 1.93. The van der Waals surface area contributed by atoms with E-state index in [-0.39, 0.29) is 0 Å². The number of fused-ring (bicyclic) bond motifs is 1. The minimum atomic E-state index is 0.316. The molecule has 0 spiro atoms. The van der Waals surface area contributed by atoms with Crippen molar-refractivity contribution in [3.05, 3.63) is 21.7 Å². The van der Waals surface area contributed by atoms with Gasteiger partial charge in [0.25, 0.3) is 0 Å². The molecule has 0 radical (unpaired) electrons. The summed E-state index contributed by atoms with van der Waals surface area (Å²) in [5.74, 6) is 1.65. The number of hydrogen-bond donors (Lipinski definition) is 1. The van der Waals surface area contributed by atoms with E-state index in [9.17, 15) is 0 Å². The monoisotopic (exact) mass is 257 g/mol. The second kappa shape index (κ2) is 3.79. The first kappa shape index (κ1) is 9.80. The molecule has 0 saturated heterocycles. The molecule has 0 aliphatic carbocycles. The van der Waals surface area contributed by atoms with Crippen LogP contribution < -0.4 is 14.8 Å². The van der Waals surface area contributed by atoms with Crippen LogP contribution in [-0.2, 0) is 6.54 Å². The molecule has 14 heavy (non-hydrogen) atoms. The van der Waals surface area contributed by atoms with E-state index < -0.39 is 0 Å². The molecule has 0 aromatic heterocycles. The van der Waals surface area contributed by atoms with Crippen molar-refractivity contribution < 1.29 is 9.47 Å². The van der Waals surface area contributed by atoms with Crippen LogP contribution in [-0.4, -0.2) is 13.8 Å². The number of nitrogens with one attached hydrogen (secondary N) is 1. The maximum absolute atomic E-state index is 5.35. The highest BCUT2D eigenvalue weighted by molar-refractivity contribution is 9.10. The Morgan fingerprint density at radius 1 is 1.50 bits per heavy atom. The maximum Gasteiger partial charge on any atom is 0.231 e. The minimum absolute atomic E-state index is 0.316. The van der Waals surface area contributed by atoms with Crippen LogP contribution in [0.5, 0.6) is 11.5 Å². The fourth-order valence-corrected chi connectivity index (χ4v) is 2.08.